The van der Waals surface area contributed by atoms with E-state index in [4.69, 9.17) is 4.74 Å². The predicted molar refractivity (Wildman–Crippen MR) is 68.2 cm³/mol. The third kappa shape index (κ3) is 3.51. The summed E-state index contributed by atoms with van der Waals surface area (Å²) in [4.78, 5) is 9.85. The second kappa shape index (κ2) is 5.75. The number of aromatic nitrogens is 2. The van der Waals surface area contributed by atoms with E-state index in [1.807, 2.05) is 24.4 Å². The number of ether oxygens (including phenoxy) is 1. The van der Waals surface area contributed by atoms with Gasteiger partial charge in [0.1, 0.15) is 5.01 Å². The van der Waals surface area contributed by atoms with Crippen LogP contribution in [-0.4, -0.2) is 17.1 Å². The summed E-state index contributed by atoms with van der Waals surface area (Å²) in [5.74, 6) is 0.648. The summed E-state index contributed by atoms with van der Waals surface area (Å²) >= 11 is 1.71. The van der Waals surface area contributed by atoms with Gasteiger partial charge in [0.25, 0.3) is 0 Å². The van der Waals surface area contributed by atoms with Crippen molar-refractivity contribution in [3.8, 4) is 5.88 Å². The zero-order valence-corrected chi connectivity index (χ0v) is 10.8. The molecule has 0 atom stereocenters. The maximum absolute atomic E-state index is 5.07. The van der Waals surface area contributed by atoms with Gasteiger partial charge in [-0.2, -0.15) is 0 Å². The average molecular weight is 249 g/mol. The van der Waals surface area contributed by atoms with E-state index >= 15 is 0 Å². The highest BCUT2D eigenvalue weighted by Crippen LogP contribution is 2.11. The molecule has 1 N–H and O–H groups in total. The van der Waals surface area contributed by atoms with Crippen molar-refractivity contribution in [3.63, 3.8) is 0 Å². The third-order valence-electron chi connectivity index (χ3n) is 2.24. The lowest BCUT2D eigenvalue weighted by molar-refractivity contribution is 0.395. The van der Waals surface area contributed by atoms with Crippen LogP contribution in [-0.2, 0) is 13.1 Å². The molecular weight excluding hydrogens is 234 g/mol. The maximum atomic E-state index is 5.07. The van der Waals surface area contributed by atoms with Crippen molar-refractivity contribution in [1.29, 1.82) is 0 Å². The van der Waals surface area contributed by atoms with Gasteiger partial charge < -0.3 is 10.1 Å². The second-order valence-electron chi connectivity index (χ2n) is 3.64. The lowest BCUT2D eigenvalue weighted by Crippen LogP contribution is -2.13. The number of hydrogen-bond donors (Lipinski definition) is 1. The Morgan fingerprint density at radius 3 is 2.94 bits per heavy atom. The van der Waals surface area contributed by atoms with Crippen molar-refractivity contribution < 1.29 is 4.74 Å². The molecule has 2 heterocycles. The molecule has 0 saturated carbocycles. The second-order valence-corrected chi connectivity index (χ2v) is 4.96. The van der Waals surface area contributed by atoms with Crippen LogP contribution < -0.4 is 10.1 Å². The van der Waals surface area contributed by atoms with Crippen LogP contribution in [0.15, 0.2) is 24.4 Å². The molecule has 2 rings (SSSR count). The van der Waals surface area contributed by atoms with Crippen LogP contribution in [0.2, 0.25) is 0 Å². The predicted octanol–water partition coefficient (Wildman–Crippen LogP) is 2.14. The van der Waals surface area contributed by atoms with Crippen molar-refractivity contribution in [2.24, 2.45) is 0 Å². The number of hydrogen-bond acceptors (Lipinski definition) is 5. The molecule has 0 spiro atoms. The summed E-state index contributed by atoms with van der Waals surface area (Å²) in [5.41, 5.74) is 0.970. The Balaban J connectivity index is 1.85. The molecular formula is C12H15N3OS. The first-order chi connectivity index (χ1) is 8.28. The summed E-state index contributed by atoms with van der Waals surface area (Å²) in [7, 11) is 1.62. The van der Waals surface area contributed by atoms with E-state index in [1.54, 1.807) is 18.4 Å². The van der Waals surface area contributed by atoms with E-state index in [-0.39, 0.29) is 0 Å². The molecule has 0 radical (unpaired) electrons. The van der Waals surface area contributed by atoms with E-state index in [9.17, 15) is 0 Å². The van der Waals surface area contributed by atoms with Gasteiger partial charge >= 0.3 is 0 Å². The summed E-state index contributed by atoms with van der Waals surface area (Å²) in [5, 5.41) is 4.41. The fourth-order valence-electron chi connectivity index (χ4n) is 1.45. The lowest BCUT2D eigenvalue weighted by atomic mass is 10.3. The number of pyridine rings is 1. The molecule has 0 aliphatic heterocycles. The topological polar surface area (TPSA) is 47.0 Å². The van der Waals surface area contributed by atoms with Gasteiger partial charge in [0.05, 0.1) is 12.8 Å². The minimum Gasteiger partial charge on any atom is -0.481 e. The Morgan fingerprint density at radius 1 is 1.35 bits per heavy atom. The molecule has 4 nitrogen and oxygen atoms in total. The Kier molecular flexibility index (Phi) is 4.06. The van der Waals surface area contributed by atoms with Crippen molar-refractivity contribution >= 4 is 11.3 Å². The van der Waals surface area contributed by atoms with Gasteiger partial charge in [0.15, 0.2) is 0 Å². The molecule has 0 fully saturated rings. The summed E-state index contributed by atoms with van der Waals surface area (Å²) in [6, 6.07) is 5.76. The first-order valence-corrected chi connectivity index (χ1v) is 6.21. The smallest absolute Gasteiger partial charge is 0.213 e. The van der Waals surface area contributed by atoms with Crippen molar-refractivity contribution in [2.45, 2.75) is 20.0 Å². The Morgan fingerprint density at radius 2 is 2.24 bits per heavy atom. The summed E-state index contributed by atoms with van der Waals surface area (Å²) < 4.78 is 5.07. The van der Waals surface area contributed by atoms with Crippen molar-refractivity contribution in [1.82, 2.24) is 15.3 Å². The molecule has 90 valence electrons. The van der Waals surface area contributed by atoms with Crippen molar-refractivity contribution in [2.75, 3.05) is 7.11 Å². The van der Waals surface area contributed by atoms with E-state index in [1.165, 1.54) is 4.88 Å². The monoisotopic (exact) mass is 249 g/mol. The third-order valence-corrected chi connectivity index (χ3v) is 3.15. The first-order valence-electron chi connectivity index (χ1n) is 5.40. The molecule has 2 aromatic heterocycles. The minimum atomic E-state index is 0.648. The number of aryl methyl sites for hydroxylation is 1. The molecule has 0 aromatic carbocycles. The fraction of sp³-hybridized carbons (Fsp3) is 0.333. The quantitative estimate of drug-likeness (QED) is 0.882. The zero-order chi connectivity index (χ0) is 12.1. The molecule has 0 bridgehead atoms. The molecule has 0 aliphatic rings. The number of methoxy groups -OCH3 is 1. The van der Waals surface area contributed by atoms with Crippen LogP contribution in [0.5, 0.6) is 5.88 Å². The largest absolute Gasteiger partial charge is 0.481 e. The highest BCUT2D eigenvalue weighted by atomic mass is 32.1. The van der Waals surface area contributed by atoms with E-state index < -0.39 is 0 Å². The van der Waals surface area contributed by atoms with E-state index in [0.29, 0.717) is 5.88 Å². The van der Waals surface area contributed by atoms with Crippen LogP contribution >= 0.6 is 11.3 Å². The van der Waals surface area contributed by atoms with Gasteiger partial charge in [-0.1, -0.05) is 6.07 Å². The summed E-state index contributed by atoms with van der Waals surface area (Å²) in [6.07, 6.45) is 1.89. The number of rotatable bonds is 5. The molecule has 2 aromatic rings. The van der Waals surface area contributed by atoms with Crippen LogP contribution in [0.25, 0.3) is 0 Å². The van der Waals surface area contributed by atoms with Crippen LogP contribution in [0.4, 0.5) is 0 Å². The van der Waals surface area contributed by atoms with Gasteiger partial charge in [0, 0.05) is 30.2 Å². The Hall–Kier alpha value is -1.46. The Bertz CT molecular complexity index is 484. The SMILES string of the molecule is COc1cccc(CNCc2ncc(C)s2)n1. The first kappa shape index (κ1) is 12.0. The molecule has 0 saturated heterocycles. The molecule has 17 heavy (non-hydrogen) atoms. The Labute approximate surface area is 105 Å². The van der Waals surface area contributed by atoms with Crippen LogP contribution in [0, 0.1) is 6.92 Å². The van der Waals surface area contributed by atoms with Crippen molar-refractivity contribution in [3.05, 3.63) is 40.0 Å². The maximum Gasteiger partial charge on any atom is 0.213 e. The van der Waals surface area contributed by atoms with E-state index in [2.05, 4.69) is 22.2 Å². The highest BCUT2D eigenvalue weighted by molar-refractivity contribution is 7.11. The zero-order valence-electron chi connectivity index (χ0n) is 9.93. The number of nitrogens with one attached hydrogen (secondary N) is 1. The van der Waals surface area contributed by atoms with E-state index in [0.717, 1.165) is 23.8 Å². The number of thiazole rings is 1. The number of nitrogens with zero attached hydrogens (tertiary/aromatic N) is 2. The van der Waals surface area contributed by atoms with Gasteiger partial charge in [0.2, 0.25) is 5.88 Å². The molecule has 0 unspecified atom stereocenters. The van der Waals surface area contributed by atoms with Gasteiger partial charge in [-0.3, -0.25) is 0 Å². The fourth-order valence-corrected chi connectivity index (χ4v) is 2.21. The average Bonchev–Trinajstić information content (AvgIpc) is 2.75. The molecule has 5 heteroatoms. The highest BCUT2D eigenvalue weighted by Gasteiger charge is 2.00. The lowest BCUT2D eigenvalue weighted by Gasteiger charge is -2.04. The summed E-state index contributed by atoms with van der Waals surface area (Å²) in [6.45, 7) is 3.55. The van der Waals surface area contributed by atoms with Gasteiger partial charge in [-0.05, 0) is 13.0 Å². The normalized spacial score (nSPS) is 10.5. The van der Waals surface area contributed by atoms with Crippen LogP contribution in [0.1, 0.15) is 15.6 Å². The standard InChI is InChI=1S/C12H15N3OS/c1-9-6-14-12(17-9)8-13-7-10-4-3-5-11(15-10)16-2/h3-6,13H,7-8H2,1-2H3. The molecule has 0 aliphatic carbocycles. The van der Waals surface area contributed by atoms with Gasteiger partial charge in [-0.25, -0.2) is 9.97 Å². The minimum absolute atomic E-state index is 0.648. The molecule has 0 amide bonds. The van der Waals surface area contributed by atoms with Crippen LogP contribution in [0.3, 0.4) is 0 Å². The van der Waals surface area contributed by atoms with Gasteiger partial charge in [-0.15, -0.1) is 11.3 Å².